The molecule has 1 fully saturated rings. The van der Waals surface area contributed by atoms with E-state index in [4.69, 9.17) is 4.74 Å². The van der Waals surface area contributed by atoms with Gasteiger partial charge in [0, 0.05) is 29.2 Å². The number of carbonyl (C=O) groups excluding carboxylic acids is 1. The number of morpholine rings is 1. The number of rotatable bonds is 5. The van der Waals surface area contributed by atoms with Crippen molar-refractivity contribution in [3.63, 3.8) is 0 Å². The van der Waals surface area contributed by atoms with Gasteiger partial charge in [-0.05, 0) is 6.07 Å². The van der Waals surface area contributed by atoms with E-state index in [2.05, 4.69) is 26.5 Å². The molecule has 0 saturated carbocycles. The van der Waals surface area contributed by atoms with Gasteiger partial charge in [-0.15, -0.1) is 0 Å². The molecule has 23 heavy (non-hydrogen) atoms. The van der Waals surface area contributed by atoms with E-state index in [1.54, 1.807) is 0 Å². The number of halogens is 1. The molecule has 1 heterocycles. The number of hydrogen-bond acceptors (Lipinski definition) is 7. The highest BCUT2D eigenvalue weighted by Gasteiger charge is 2.18. The van der Waals surface area contributed by atoms with Gasteiger partial charge in [-0.1, -0.05) is 15.9 Å². The highest BCUT2D eigenvalue weighted by molar-refractivity contribution is 9.10. The van der Waals surface area contributed by atoms with Crippen LogP contribution in [0.2, 0.25) is 0 Å². The minimum absolute atomic E-state index is 0.123. The average molecular weight is 387 g/mol. The molecule has 124 valence electrons. The minimum atomic E-state index is -0.700. The SMILES string of the molecule is O=C(CN1CCOCC1)N/N=C\c1cc(Br)cc([N+](=O)[O-])c1O. The first-order valence-corrected chi connectivity index (χ1v) is 7.55. The van der Waals surface area contributed by atoms with E-state index >= 15 is 0 Å². The highest BCUT2D eigenvalue weighted by atomic mass is 79.9. The first-order chi connectivity index (χ1) is 11.0. The third kappa shape index (κ3) is 4.98. The molecule has 1 aliphatic rings. The summed E-state index contributed by atoms with van der Waals surface area (Å²) in [6.45, 7) is 2.72. The first kappa shape index (κ1) is 17.3. The lowest BCUT2D eigenvalue weighted by molar-refractivity contribution is -0.385. The Morgan fingerprint density at radius 1 is 1.52 bits per heavy atom. The summed E-state index contributed by atoms with van der Waals surface area (Å²) in [4.78, 5) is 23.8. The van der Waals surface area contributed by atoms with Crippen LogP contribution in [0.3, 0.4) is 0 Å². The minimum Gasteiger partial charge on any atom is -0.502 e. The predicted octanol–water partition coefficient (Wildman–Crippen LogP) is 0.845. The number of hydrazone groups is 1. The topological polar surface area (TPSA) is 117 Å². The molecular weight excluding hydrogens is 372 g/mol. The van der Waals surface area contributed by atoms with Crippen molar-refractivity contribution in [1.29, 1.82) is 0 Å². The zero-order valence-electron chi connectivity index (χ0n) is 12.1. The molecule has 2 N–H and O–H groups in total. The van der Waals surface area contributed by atoms with Gasteiger partial charge in [-0.3, -0.25) is 19.8 Å². The lowest BCUT2D eigenvalue weighted by Crippen LogP contribution is -2.42. The number of nitro groups is 1. The van der Waals surface area contributed by atoms with Crippen molar-refractivity contribution in [2.24, 2.45) is 5.10 Å². The fourth-order valence-corrected chi connectivity index (χ4v) is 2.48. The Balaban J connectivity index is 1.97. The summed E-state index contributed by atoms with van der Waals surface area (Å²) in [5.74, 6) is -0.823. The number of ether oxygens (including phenoxy) is 1. The van der Waals surface area contributed by atoms with Crippen LogP contribution < -0.4 is 5.43 Å². The first-order valence-electron chi connectivity index (χ1n) is 6.76. The summed E-state index contributed by atoms with van der Waals surface area (Å²) in [6.07, 6.45) is 1.16. The smallest absolute Gasteiger partial charge is 0.312 e. The summed E-state index contributed by atoms with van der Waals surface area (Å²) in [7, 11) is 0. The molecule has 2 rings (SSSR count). The van der Waals surface area contributed by atoms with E-state index in [1.165, 1.54) is 12.1 Å². The molecule has 1 amide bonds. The fraction of sp³-hybridized carbons (Fsp3) is 0.385. The van der Waals surface area contributed by atoms with Gasteiger partial charge in [0.1, 0.15) is 0 Å². The van der Waals surface area contributed by atoms with Crippen LogP contribution in [-0.2, 0) is 9.53 Å². The third-order valence-electron chi connectivity index (χ3n) is 3.14. The molecule has 1 aromatic carbocycles. The Hall–Kier alpha value is -2.04. The molecule has 0 atom stereocenters. The van der Waals surface area contributed by atoms with Gasteiger partial charge in [0.2, 0.25) is 5.75 Å². The van der Waals surface area contributed by atoms with Crippen molar-refractivity contribution in [2.75, 3.05) is 32.8 Å². The summed E-state index contributed by atoms with van der Waals surface area (Å²) >= 11 is 3.12. The van der Waals surface area contributed by atoms with Crippen LogP contribution in [0.25, 0.3) is 0 Å². The van der Waals surface area contributed by atoms with E-state index in [1.807, 2.05) is 4.90 Å². The summed E-state index contributed by atoms with van der Waals surface area (Å²) in [5.41, 5.74) is 2.00. The number of benzene rings is 1. The van der Waals surface area contributed by atoms with Gasteiger partial charge in [-0.25, -0.2) is 5.43 Å². The molecule has 0 spiro atoms. The number of aromatic hydroxyl groups is 1. The molecule has 0 bridgehead atoms. The van der Waals surface area contributed by atoms with E-state index < -0.39 is 16.4 Å². The number of amides is 1. The molecule has 0 aromatic heterocycles. The predicted molar refractivity (Wildman–Crippen MR) is 85.5 cm³/mol. The standard InChI is InChI=1S/C13H15BrN4O5/c14-10-5-9(13(20)11(6-10)18(21)22)7-15-16-12(19)8-17-1-3-23-4-2-17/h5-7,20H,1-4,8H2,(H,16,19)/b15-7-. The normalized spacial score (nSPS) is 15.7. The van der Waals surface area contributed by atoms with Gasteiger partial charge in [-0.2, -0.15) is 5.10 Å². The van der Waals surface area contributed by atoms with Crippen LogP contribution >= 0.6 is 15.9 Å². The van der Waals surface area contributed by atoms with E-state index in [9.17, 15) is 20.0 Å². The van der Waals surface area contributed by atoms with Crippen LogP contribution in [0.15, 0.2) is 21.7 Å². The molecule has 0 aliphatic carbocycles. The number of phenols is 1. The molecular formula is C13H15BrN4O5. The average Bonchev–Trinajstić information content (AvgIpc) is 2.51. The second-order valence-corrected chi connectivity index (χ2v) is 5.72. The lowest BCUT2D eigenvalue weighted by Gasteiger charge is -2.25. The van der Waals surface area contributed by atoms with E-state index in [-0.39, 0.29) is 18.0 Å². The summed E-state index contributed by atoms with van der Waals surface area (Å²) < 4.78 is 5.60. The Labute approximate surface area is 140 Å². The number of nitrogens with zero attached hydrogens (tertiary/aromatic N) is 3. The van der Waals surface area contributed by atoms with Crippen molar-refractivity contribution in [2.45, 2.75) is 0 Å². The fourth-order valence-electron chi connectivity index (χ4n) is 2.01. The zero-order valence-corrected chi connectivity index (χ0v) is 13.7. The molecule has 9 nitrogen and oxygen atoms in total. The molecule has 1 aliphatic heterocycles. The van der Waals surface area contributed by atoms with Gasteiger partial charge in [0.05, 0.1) is 30.9 Å². The number of carbonyl (C=O) groups is 1. The Bertz CT molecular complexity index is 631. The molecule has 0 radical (unpaired) electrons. The van der Waals surface area contributed by atoms with Crippen LogP contribution in [0.4, 0.5) is 5.69 Å². The van der Waals surface area contributed by atoms with Gasteiger partial charge < -0.3 is 9.84 Å². The van der Waals surface area contributed by atoms with E-state index in [0.29, 0.717) is 30.8 Å². The number of nitrogens with one attached hydrogen (secondary N) is 1. The molecule has 10 heteroatoms. The quantitative estimate of drug-likeness (QED) is 0.439. The van der Waals surface area contributed by atoms with Gasteiger partial charge >= 0.3 is 5.69 Å². The van der Waals surface area contributed by atoms with Gasteiger partial charge in [0.25, 0.3) is 5.91 Å². The van der Waals surface area contributed by atoms with Crippen LogP contribution in [-0.4, -0.2) is 59.9 Å². The van der Waals surface area contributed by atoms with Gasteiger partial charge in [0.15, 0.2) is 0 Å². The zero-order chi connectivity index (χ0) is 16.8. The maximum atomic E-state index is 11.7. The maximum absolute atomic E-state index is 11.7. The lowest BCUT2D eigenvalue weighted by atomic mass is 10.2. The number of nitro benzene ring substituents is 1. The third-order valence-corrected chi connectivity index (χ3v) is 3.60. The summed E-state index contributed by atoms with van der Waals surface area (Å²) in [6, 6.07) is 2.64. The van der Waals surface area contributed by atoms with Crippen molar-refractivity contribution >= 4 is 33.7 Å². The summed E-state index contributed by atoms with van der Waals surface area (Å²) in [5, 5.41) is 24.4. The van der Waals surface area contributed by atoms with Crippen molar-refractivity contribution in [3.8, 4) is 5.75 Å². The Morgan fingerprint density at radius 2 is 2.22 bits per heavy atom. The largest absolute Gasteiger partial charge is 0.502 e. The number of hydrogen-bond donors (Lipinski definition) is 2. The van der Waals surface area contributed by atoms with Crippen LogP contribution in [0.1, 0.15) is 5.56 Å². The van der Waals surface area contributed by atoms with Crippen LogP contribution in [0.5, 0.6) is 5.75 Å². The van der Waals surface area contributed by atoms with E-state index in [0.717, 1.165) is 6.21 Å². The van der Waals surface area contributed by atoms with Crippen LogP contribution in [0, 0.1) is 10.1 Å². The second kappa shape index (κ2) is 7.99. The monoisotopic (exact) mass is 386 g/mol. The molecule has 1 aromatic rings. The Kier molecular flexibility index (Phi) is 6.02. The Morgan fingerprint density at radius 3 is 2.87 bits per heavy atom. The molecule has 0 unspecified atom stereocenters. The maximum Gasteiger partial charge on any atom is 0.312 e. The van der Waals surface area contributed by atoms with Crippen molar-refractivity contribution in [1.82, 2.24) is 10.3 Å². The van der Waals surface area contributed by atoms with Crippen molar-refractivity contribution < 1.29 is 19.6 Å². The number of phenolic OH excluding ortho intramolecular Hbond substituents is 1. The molecule has 1 saturated heterocycles. The second-order valence-electron chi connectivity index (χ2n) is 4.80. The van der Waals surface area contributed by atoms with Crippen molar-refractivity contribution in [3.05, 3.63) is 32.3 Å². The highest BCUT2D eigenvalue weighted by Crippen LogP contribution is 2.32.